The van der Waals surface area contributed by atoms with Gasteiger partial charge >= 0.3 is 0 Å². The third-order valence-corrected chi connectivity index (χ3v) is 5.28. The minimum Gasteiger partial charge on any atom is -0.373 e. The first-order valence-corrected chi connectivity index (χ1v) is 7.98. The van der Waals surface area contributed by atoms with Crippen molar-refractivity contribution in [1.29, 1.82) is 0 Å². The van der Waals surface area contributed by atoms with Gasteiger partial charge < -0.3 is 10.5 Å². The molecule has 2 aliphatic rings. The minimum atomic E-state index is -0.0226. The van der Waals surface area contributed by atoms with E-state index in [4.69, 9.17) is 10.5 Å². The van der Waals surface area contributed by atoms with Crippen LogP contribution in [0, 0.1) is 11.8 Å². The molecule has 3 nitrogen and oxygen atoms in total. The van der Waals surface area contributed by atoms with Gasteiger partial charge in [-0.25, -0.2) is 0 Å². The van der Waals surface area contributed by atoms with Crippen LogP contribution in [0.2, 0.25) is 0 Å². The first-order chi connectivity index (χ1) is 8.88. The quantitative estimate of drug-likeness (QED) is 0.855. The summed E-state index contributed by atoms with van der Waals surface area (Å²) in [6.45, 7) is 12.8. The van der Waals surface area contributed by atoms with Gasteiger partial charge in [0, 0.05) is 25.2 Å². The van der Waals surface area contributed by atoms with Gasteiger partial charge in [0.05, 0.1) is 12.2 Å². The predicted molar refractivity (Wildman–Crippen MR) is 80.2 cm³/mol. The maximum atomic E-state index is 6.24. The van der Waals surface area contributed by atoms with Crippen LogP contribution in [-0.2, 0) is 4.74 Å². The van der Waals surface area contributed by atoms with Crippen LogP contribution >= 0.6 is 0 Å². The Hall–Kier alpha value is -0.120. The molecule has 112 valence electrons. The summed E-state index contributed by atoms with van der Waals surface area (Å²) < 4.78 is 5.87. The van der Waals surface area contributed by atoms with E-state index in [0.29, 0.717) is 0 Å². The van der Waals surface area contributed by atoms with Crippen LogP contribution in [0.1, 0.15) is 53.4 Å². The SMILES string of the molecule is CC(C)C1CCCC(CN)(N2CCOC(C)(C)C2)C1. The first-order valence-electron chi connectivity index (χ1n) is 7.98. The molecule has 0 spiro atoms. The zero-order valence-electron chi connectivity index (χ0n) is 13.2. The second-order valence-corrected chi connectivity index (χ2v) is 7.56. The second-order valence-electron chi connectivity index (χ2n) is 7.56. The first kappa shape index (κ1) is 15.3. The van der Waals surface area contributed by atoms with Crippen LogP contribution in [0.4, 0.5) is 0 Å². The fourth-order valence-corrected chi connectivity index (χ4v) is 3.98. The van der Waals surface area contributed by atoms with Crippen LogP contribution in [0.3, 0.4) is 0 Å². The highest BCUT2D eigenvalue weighted by Crippen LogP contribution is 2.40. The molecule has 1 heterocycles. The number of hydrogen-bond acceptors (Lipinski definition) is 3. The molecule has 3 heteroatoms. The van der Waals surface area contributed by atoms with Crippen LogP contribution in [-0.4, -0.2) is 42.3 Å². The summed E-state index contributed by atoms with van der Waals surface area (Å²) in [4.78, 5) is 2.64. The molecule has 0 aromatic heterocycles. The summed E-state index contributed by atoms with van der Waals surface area (Å²) in [7, 11) is 0. The van der Waals surface area contributed by atoms with E-state index in [-0.39, 0.29) is 11.1 Å². The van der Waals surface area contributed by atoms with E-state index in [1.165, 1.54) is 25.7 Å². The predicted octanol–water partition coefficient (Wildman–Crippen LogP) is 2.64. The molecule has 2 unspecified atom stereocenters. The molecule has 1 aliphatic carbocycles. The molecule has 2 fully saturated rings. The van der Waals surface area contributed by atoms with Gasteiger partial charge in [-0.1, -0.05) is 26.7 Å². The van der Waals surface area contributed by atoms with Gasteiger partial charge in [0.25, 0.3) is 0 Å². The van der Waals surface area contributed by atoms with Crippen molar-refractivity contribution in [2.75, 3.05) is 26.2 Å². The summed E-state index contributed by atoms with van der Waals surface area (Å²) >= 11 is 0. The van der Waals surface area contributed by atoms with E-state index in [1.54, 1.807) is 0 Å². The van der Waals surface area contributed by atoms with Gasteiger partial charge in [-0.2, -0.15) is 0 Å². The summed E-state index contributed by atoms with van der Waals surface area (Å²) in [5.74, 6) is 1.61. The molecular formula is C16H32N2O. The van der Waals surface area contributed by atoms with Crippen LogP contribution in [0.15, 0.2) is 0 Å². The van der Waals surface area contributed by atoms with Crippen LogP contribution in [0.5, 0.6) is 0 Å². The lowest BCUT2D eigenvalue weighted by Gasteiger charge is -2.53. The normalized spacial score (nSPS) is 36.6. The molecule has 2 N–H and O–H groups in total. The van der Waals surface area contributed by atoms with Crippen molar-refractivity contribution in [2.45, 2.75) is 64.5 Å². The third kappa shape index (κ3) is 3.32. The highest BCUT2D eigenvalue weighted by molar-refractivity contribution is 4.99. The highest BCUT2D eigenvalue weighted by Gasteiger charge is 2.44. The smallest absolute Gasteiger partial charge is 0.0753 e. The van der Waals surface area contributed by atoms with E-state index < -0.39 is 0 Å². The van der Waals surface area contributed by atoms with Crippen molar-refractivity contribution < 1.29 is 4.74 Å². The number of nitrogens with two attached hydrogens (primary N) is 1. The summed E-state index contributed by atoms with van der Waals surface area (Å²) in [5.41, 5.74) is 6.45. The maximum Gasteiger partial charge on any atom is 0.0753 e. The molecule has 1 aliphatic heterocycles. The topological polar surface area (TPSA) is 38.5 Å². The monoisotopic (exact) mass is 268 g/mol. The fraction of sp³-hybridized carbons (Fsp3) is 1.00. The molecule has 1 saturated carbocycles. The lowest BCUT2D eigenvalue weighted by molar-refractivity contribution is -0.126. The summed E-state index contributed by atoms with van der Waals surface area (Å²) in [6.07, 6.45) is 5.25. The lowest BCUT2D eigenvalue weighted by atomic mass is 9.70. The molecular weight excluding hydrogens is 236 g/mol. The van der Waals surface area contributed by atoms with E-state index in [2.05, 4.69) is 32.6 Å². The Kier molecular flexibility index (Phi) is 4.59. The number of morpholine rings is 1. The van der Waals surface area contributed by atoms with E-state index in [1.807, 2.05) is 0 Å². The van der Waals surface area contributed by atoms with Gasteiger partial charge in [0.15, 0.2) is 0 Å². The van der Waals surface area contributed by atoms with Gasteiger partial charge in [-0.05, 0) is 38.5 Å². The average Bonchev–Trinajstić information content (AvgIpc) is 2.37. The molecule has 2 atom stereocenters. The molecule has 0 radical (unpaired) electrons. The number of rotatable bonds is 3. The molecule has 19 heavy (non-hydrogen) atoms. The number of nitrogens with zero attached hydrogens (tertiary/aromatic N) is 1. The fourth-order valence-electron chi connectivity index (χ4n) is 3.98. The molecule has 0 aromatic rings. The third-order valence-electron chi connectivity index (χ3n) is 5.28. The molecule has 2 rings (SSSR count). The molecule has 0 aromatic carbocycles. The zero-order valence-corrected chi connectivity index (χ0v) is 13.2. The summed E-state index contributed by atoms with van der Waals surface area (Å²) in [5, 5.41) is 0. The van der Waals surface area contributed by atoms with Crippen molar-refractivity contribution in [2.24, 2.45) is 17.6 Å². The van der Waals surface area contributed by atoms with Crippen molar-refractivity contribution in [3.05, 3.63) is 0 Å². The standard InChI is InChI=1S/C16H32N2O/c1-13(2)14-6-5-7-16(10-14,11-17)18-8-9-19-15(3,4)12-18/h13-14H,5-12,17H2,1-4H3. The maximum absolute atomic E-state index is 6.24. The summed E-state index contributed by atoms with van der Waals surface area (Å²) in [6, 6.07) is 0. The Bertz CT molecular complexity index is 303. The molecule has 0 bridgehead atoms. The zero-order chi connectivity index (χ0) is 14.1. The number of ether oxygens (including phenoxy) is 1. The Morgan fingerprint density at radius 3 is 2.68 bits per heavy atom. The van der Waals surface area contributed by atoms with Crippen molar-refractivity contribution in [3.8, 4) is 0 Å². The van der Waals surface area contributed by atoms with Crippen LogP contribution < -0.4 is 5.73 Å². The highest BCUT2D eigenvalue weighted by atomic mass is 16.5. The Morgan fingerprint density at radius 2 is 2.11 bits per heavy atom. The number of hydrogen-bond donors (Lipinski definition) is 1. The Labute approximate surface area is 118 Å². The van der Waals surface area contributed by atoms with Crippen LogP contribution in [0.25, 0.3) is 0 Å². The molecule has 0 amide bonds. The van der Waals surface area contributed by atoms with E-state index in [0.717, 1.165) is 38.1 Å². The molecule has 1 saturated heterocycles. The van der Waals surface area contributed by atoms with Crippen molar-refractivity contribution in [1.82, 2.24) is 4.90 Å². The van der Waals surface area contributed by atoms with Crippen molar-refractivity contribution in [3.63, 3.8) is 0 Å². The van der Waals surface area contributed by atoms with E-state index >= 15 is 0 Å². The van der Waals surface area contributed by atoms with Gasteiger partial charge in [0.1, 0.15) is 0 Å². The second kappa shape index (κ2) is 5.71. The van der Waals surface area contributed by atoms with Gasteiger partial charge in [0.2, 0.25) is 0 Å². The van der Waals surface area contributed by atoms with Crippen molar-refractivity contribution >= 4 is 0 Å². The minimum absolute atomic E-state index is 0.0226. The Balaban J connectivity index is 2.12. The average molecular weight is 268 g/mol. The Morgan fingerprint density at radius 1 is 1.37 bits per heavy atom. The van der Waals surface area contributed by atoms with Gasteiger partial charge in [-0.15, -0.1) is 0 Å². The largest absolute Gasteiger partial charge is 0.373 e. The van der Waals surface area contributed by atoms with Gasteiger partial charge in [-0.3, -0.25) is 4.90 Å². The van der Waals surface area contributed by atoms with E-state index in [9.17, 15) is 0 Å². The lowest BCUT2D eigenvalue weighted by Crippen LogP contribution is -2.63.